The van der Waals surface area contributed by atoms with Gasteiger partial charge in [0, 0.05) is 31.4 Å². The molecule has 2 N–H and O–H groups in total. The summed E-state index contributed by atoms with van der Waals surface area (Å²) in [5.41, 5.74) is 3.34. The zero-order valence-electron chi connectivity index (χ0n) is 15.9. The molecule has 0 aliphatic carbocycles. The van der Waals surface area contributed by atoms with Crippen molar-refractivity contribution in [3.8, 4) is 0 Å². The van der Waals surface area contributed by atoms with Crippen molar-refractivity contribution >= 4 is 41.3 Å². The normalized spacial score (nSPS) is 11.2. The molecule has 0 saturated carbocycles. The molecule has 0 unspecified atom stereocenters. The number of nitrogens with zero attached hydrogens (tertiary/aromatic N) is 2. The maximum absolute atomic E-state index is 13.1. The average molecular weight is 490 g/mol. The summed E-state index contributed by atoms with van der Waals surface area (Å²) >= 11 is 1.77. The number of hydrogen-bond donors (Lipinski definition) is 2. The van der Waals surface area contributed by atoms with E-state index >= 15 is 0 Å². The standard InChI is InChI=1S/C19H27FN4S.HI/c1-5-17-14(3)25-18(24-17)9-11-23-19(21-4)22-10-8-15-6-7-16(20)12-13(15)2;/h6-7,12H,5,8-11H2,1-4H3,(H2,21,22,23);1H. The van der Waals surface area contributed by atoms with Crippen LogP contribution in [-0.2, 0) is 19.3 Å². The number of aryl methyl sites for hydroxylation is 3. The van der Waals surface area contributed by atoms with Gasteiger partial charge in [-0.2, -0.15) is 0 Å². The van der Waals surface area contributed by atoms with Crippen molar-refractivity contribution in [1.82, 2.24) is 15.6 Å². The Morgan fingerprint density at radius 1 is 1.19 bits per heavy atom. The third-order valence-corrected chi connectivity index (χ3v) is 5.19. The van der Waals surface area contributed by atoms with Crippen LogP contribution in [0.4, 0.5) is 4.39 Å². The Morgan fingerprint density at radius 2 is 1.88 bits per heavy atom. The molecule has 0 amide bonds. The van der Waals surface area contributed by atoms with Gasteiger partial charge in [0.2, 0.25) is 0 Å². The van der Waals surface area contributed by atoms with Crippen LogP contribution in [0.2, 0.25) is 0 Å². The van der Waals surface area contributed by atoms with Crippen LogP contribution in [0, 0.1) is 19.7 Å². The second-order valence-corrected chi connectivity index (χ2v) is 7.25. The molecule has 0 aliphatic heterocycles. The summed E-state index contributed by atoms with van der Waals surface area (Å²) in [5, 5.41) is 7.79. The Bertz CT molecular complexity index is 730. The molecule has 0 bridgehead atoms. The van der Waals surface area contributed by atoms with Crippen LogP contribution >= 0.6 is 35.3 Å². The maximum atomic E-state index is 13.1. The van der Waals surface area contributed by atoms with Gasteiger partial charge in [0.25, 0.3) is 0 Å². The van der Waals surface area contributed by atoms with Crippen molar-refractivity contribution in [1.29, 1.82) is 0 Å². The first-order valence-electron chi connectivity index (χ1n) is 8.68. The van der Waals surface area contributed by atoms with E-state index in [4.69, 9.17) is 0 Å². The van der Waals surface area contributed by atoms with Gasteiger partial charge in [-0.1, -0.05) is 13.0 Å². The monoisotopic (exact) mass is 490 g/mol. The Balaban J connectivity index is 0.00000338. The van der Waals surface area contributed by atoms with E-state index in [-0.39, 0.29) is 29.8 Å². The SMILES string of the molecule is CCc1nc(CCNC(=NC)NCCc2ccc(F)cc2C)sc1C.I. The molecular formula is C19H28FIN4S. The van der Waals surface area contributed by atoms with Crippen LogP contribution in [0.15, 0.2) is 23.2 Å². The number of thiazole rings is 1. The number of benzene rings is 1. The fourth-order valence-corrected chi connectivity index (χ4v) is 3.71. The van der Waals surface area contributed by atoms with Gasteiger partial charge in [-0.25, -0.2) is 9.37 Å². The Hall–Kier alpha value is -1.22. The van der Waals surface area contributed by atoms with E-state index in [0.717, 1.165) is 49.4 Å². The average Bonchev–Trinajstić information content (AvgIpc) is 2.95. The van der Waals surface area contributed by atoms with Crippen molar-refractivity contribution in [2.45, 2.75) is 40.0 Å². The van der Waals surface area contributed by atoms with E-state index in [9.17, 15) is 4.39 Å². The molecule has 1 heterocycles. The molecule has 26 heavy (non-hydrogen) atoms. The molecule has 2 aromatic rings. The van der Waals surface area contributed by atoms with Gasteiger partial charge in [-0.15, -0.1) is 35.3 Å². The molecule has 0 saturated heterocycles. The number of hydrogen-bond acceptors (Lipinski definition) is 3. The lowest BCUT2D eigenvalue weighted by molar-refractivity contribution is 0.625. The minimum Gasteiger partial charge on any atom is -0.356 e. The molecule has 2 rings (SSSR count). The van der Waals surface area contributed by atoms with Gasteiger partial charge < -0.3 is 10.6 Å². The van der Waals surface area contributed by atoms with E-state index in [1.807, 2.05) is 13.0 Å². The molecule has 1 aromatic heterocycles. The van der Waals surface area contributed by atoms with Crippen LogP contribution in [-0.4, -0.2) is 31.1 Å². The van der Waals surface area contributed by atoms with E-state index in [1.54, 1.807) is 24.5 Å². The first-order valence-corrected chi connectivity index (χ1v) is 9.49. The molecule has 7 heteroatoms. The van der Waals surface area contributed by atoms with Gasteiger partial charge in [-0.05, 0) is 49.9 Å². The summed E-state index contributed by atoms with van der Waals surface area (Å²) in [7, 11) is 1.77. The first-order chi connectivity index (χ1) is 12.0. The lowest BCUT2D eigenvalue weighted by Crippen LogP contribution is -2.39. The summed E-state index contributed by atoms with van der Waals surface area (Å²) < 4.78 is 13.1. The van der Waals surface area contributed by atoms with Crippen LogP contribution in [0.5, 0.6) is 0 Å². The van der Waals surface area contributed by atoms with E-state index in [1.165, 1.54) is 21.6 Å². The summed E-state index contributed by atoms with van der Waals surface area (Å²) in [6.07, 6.45) is 2.71. The van der Waals surface area contributed by atoms with Gasteiger partial charge in [-0.3, -0.25) is 4.99 Å². The highest BCUT2D eigenvalue weighted by Crippen LogP contribution is 2.17. The number of nitrogens with one attached hydrogen (secondary N) is 2. The number of halogens is 2. The summed E-state index contributed by atoms with van der Waals surface area (Å²) in [6.45, 7) is 7.75. The zero-order chi connectivity index (χ0) is 18.2. The van der Waals surface area contributed by atoms with Gasteiger partial charge in [0.05, 0.1) is 10.7 Å². The van der Waals surface area contributed by atoms with Crippen molar-refractivity contribution in [3.05, 3.63) is 50.7 Å². The molecule has 0 spiro atoms. The molecule has 4 nitrogen and oxygen atoms in total. The fourth-order valence-electron chi connectivity index (χ4n) is 2.69. The predicted molar refractivity (Wildman–Crippen MR) is 120 cm³/mol. The van der Waals surface area contributed by atoms with Crippen molar-refractivity contribution in [3.63, 3.8) is 0 Å². The second kappa shape index (κ2) is 11.5. The predicted octanol–water partition coefficient (Wildman–Crippen LogP) is 4.03. The molecule has 0 atom stereocenters. The highest BCUT2D eigenvalue weighted by molar-refractivity contribution is 14.0. The molecule has 144 valence electrons. The topological polar surface area (TPSA) is 49.3 Å². The lowest BCUT2D eigenvalue weighted by atomic mass is 10.1. The number of rotatable bonds is 7. The van der Waals surface area contributed by atoms with E-state index in [2.05, 4.69) is 34.5 Å². The number of guanidine groups is 1. The number of aromatic nitrogens is 1. The molecular weight excluding hydrogens is 462 g/mol. The van der Waals surface area contributed by atoms with Crippen molar-refractivity contribution < 1.29 is 4.39 Å². The highest BCUT2D eigenvalue weighted by atomic mass is 127. The smallest absolute Gasteiger partial charge is 0.191 e. The second-order valence-electron chi connectivity index (χ2n) is 5.96. The maximum Gasteiger partial charge on any atom is 0.191 e. The van der Waals surface area contributed by atoms with Gasteiger partial charge in [0.15, 0.2) is 5.96 Å². The summed E-state index contributed by atoms with van der Waals surface area (Å²) in [4.78, 5) is 10.2. The molecule has 0 aliphatic rings. The quantitative estimate of drug-likeness (QED) is 0.350. The minimum atomic E-state index is -0.185. The van der Waals surface area contributed by atoms with Gasteiger partial charge in [0.1, 0.15) is 5.82 Å². The van der Waals surface area contributed by atoms with Crippen LogP contribution in [0.1, 0.15) is 33.6 Å². The Morgan fingerprint density at radius 3 is 2.46 bits per heavy atom. The fraction of sp³-hybridized carbons (Fsp3) is 0.474. The minimum absolute atomic E-state index is 0. The number of aliphatic imine (C=N–C) groups is 1. The van der Waals surface area contributed by atoms with Crippen LogP contribution in [0.3, 0.4) is 0 Å². The third-order valence-electron chi connectivity index (χ3n) is 4.12. The zero-order valence-corrected chi connectivity index (χ0v) is 19.0. The van der Waals surface area contributed by atoms with Gasteiger partial charge >= 0.3 is 0 Å². The Labute approximate surface area is 176 Å². The van der Waals surface area contributed by atoms with Crippen LogP contribution < -0.4 is 10.6 Å². The van der Waals surface area contributed by atoms with E-state index in [0.29, 0.717) is 0 Å². The largest absolute Gasteiger partial charge is 0.356 e. The first kappa shape index (κ1) is 22.8. The molecule has 1 aromatic carbocycles. The van der Waals surface area contributed by atoms with Crippen molar-refractivity contribution in [2.75, 3.05) is 20.1 Å². The van der Waals surface area contributed by atoms with Crippen LogP contribution in [0.25, 0.3) is 0 Å². The van der Waals surface area contributed by atoms with Crippen molar-refractivity contribution in [2.24, 2.45) is 4.99 Å². The molecule has 0 fully saturated rings. The summed E-state index contributed by atoms with van der Waals surface area (Å²) in [5.74, 6) is 0.596. The highest BCUT2D eigenvalue weighted by Gasteiger charge is 2.06. The lowest BCUT2D eigenvalue weighted by Gasteiger charge is -2.12. The molecule has 0 radical (unpaired) electrons. The van der Waals surface area contributed by atoms with E-state index < -0.39 is 0 Å². The summed E-state index contributed by atoms with van der Waals surface area (Å²) in [6, 6.07) is 4.93. The Kier molecular flexibility index (Phi) is 10.1. The third kappa shape index (κ3) is 6.83.